The fourth-order valence-electron chi connectivity index (χ4n) is 1.92. The van der Waals surface area contributed by atoms with E-state index in [4.69, 9.17) is 21.1 Å². The molecule has 2 aromatic rings. The number of halogens is 2. The first-order valence-electron chi connectivity index (χ1n) is 7.85. The number of aryl methyl sites for hydroxylation is 1. The number of hydrogen-bond donors (Lipinski definition) is 2. The summed E-state index contributed by atoms with van der Waals surface area (Å²) in [5, 5.41) is 0.547. The first kappa shape index (κ1) is 20.1. The van der Waals surface area contributed by atoms with Gasteiger partial charge in [-0.25, -0.2) is 0 Å². The molecule has 0 saturated heterocycles. The number of nitrogens with one attached hydrogen (secondary N) is 2. The molecule has 138 valence electrons. The smallest absolute Gasteiger partial charge is 0.276 e. The Morgan fingerprint density at radius 1 is 1.00 bits per heavy atom. The maximum atomic E-state index is 11.7. The van der Waals surface area contributed by atoms with Crippen molar-refractivity contribution in [2.75, 3.05) is 13.2 Å². The predicted octanol–water partition coefficient (Wildman–Crippen LogP) is 3.27. The third-order valence-electron chi connectivity index (χ3n) is 3.30. The lowest BCUT2D eigenvalue weighted by Crippen LogP contribution is -2.45. The van der Waals surface area contributed by atoms with E-state index in [1.165, 1.54) is 5.56 Å². The van der Waals surface area contributed by atoms with Gasteiger partial charge in [-0.05, 0) is 58.2 Å². The fraction of sp³-hybridized carbons (Fsp3) is 0.222. The zero-order valence-corrected chi connectivity index (χ0v) is 16.4. The predicted molar refractivity (Wildman–Crippen MR) is 102 cm³/mol. The SMILES string of the molecule is CCc1ccc(OCC(=O)NNC(=O)COc2ccc(Cl)cc2Br)cc1. The van der Waals surface area contributed by atoms with Crippen LogP contribution in [0, 0.1) is 0 Å². The van der Waals surface area contributed by atoms with Crippen LogP contribution in [0.5, 0.6) is 11.5 Å². The van der Waals surface area contributed by atoms with Gasteiger partial charge < -0.3 is 9.47 Å². The lowest BCUT2D eigenvalue weighted by Gasteiger charge is -2.10. The Labute approximate surface area is 164 Å². The standard InChI is InChI=1S/C18H18BrClN2O4/c1-2-12-3-6-14(7-4-12)25-10-17(23)21-22-18(24)11-26-16-8-5-13(20)9-15(16)19/h3-9H,2,10-11H2,1H3,(H,21,23)(H,22,24). The number of amides is 2. The summed E-state index contributed by atoms with van der Waals surface area (Å²) in [6.45, 7) is 1.58. The average Bonchev–Trinajstić information content (AvgIpc) is 2.64. The fourth-order valence-corrected chi connectivity index (χ4v) is 2.71. The summed E-state index contributed by atoms with van der Waals surface area (Å²) in [4.78, 5) is 23.4. The van der Waals surface area contributed by atoms with Gasteiger partial charge in [-0.1, -0.05) is 30.7 Å². The molecule has 0 saturated carbocycles. The highest BCUT2D eigenvalue weighted by molar-refractivity contribution is 9.10. The zero-order valence-electron chi connectivity index (χ0n) is 14.1. The van der Waals surface area contributed by atoms with Gasteiger partial charge in [0.25, 0.3) is 11.8 Å². The van der Waals surface area contributed by atoms with Crippen LogP contribution in [-0.2, 0) is 16.0 Å². The van der Waals surface area contributed by atoms with Crippen LogP contribution in [0.2, 0.25) is 5.02 Å². The minimum absolute atomic E-state index is 0.213. The Bertz CT molecular complexity index is 768. The molecule has 0 aliphatic carbocycles. The Morgan fingerprint density at radius 3 is 2.19 bits per heavy atom. The summed E-state index contributed by atoms with van der Waals surface area (Å²) in [5.74, 6) is 0.0624. The molecule has 0 spiro atoms. The largest absolute Gasteiger partial charge is 0.484 e. The van der Waals surface area contributed by atoms with Gasteiger partial charge >= 0.3 is 0 Å². The van der Waals surface area contributed by atoms with Gasteiger partial charge in [0, 0.05) is 5.02 Å². The maximum absolute atomic E-state index is 11.7. The van der Waals surface area contributed by atoms with Crippen LogP contribution < -0.4 is 20.3 Å². The van der Waals surface area contributed by atoms with Crippen molar-refractivity contribution >= 4 is 39.3 Å². The molecular weight excluding hydrogens is 424 g/mol. The van der Waals surface area contributed by atoms with E-state index in [2.05, 4.69) is 33.7 Å². The number of ether oxygens (including phenoxy) is 2. The van der Waals surface area contributed by atoms with Crippen molar-refractivity contribution in [1.29, 1.82) is 0 Å². The molecule has 2 aromatic carbocycles. The first-order chi connectivity index (χ1) is 12.5. The van der Waals surface area contributed by atoms with Gasteiger partial charge in [0.2, 0.25) is 0 Å². The van der Waals surface area contributed by atoms with Crippen LogP contribution in [0.1, 0.15) is 12.5 Å². The molecule has 0 aromatic heterocycles. The highest BCUT2D eigenvalue weighted by Gasteiger charge is 2.08. The summed E-state index contributed by atoms with van der Waals surface area (Å²) < 4.78 is 11.3. The van der Waals surface area contributed by atoms with E-state index in [1.807, 2.05) is 12.1 Å². The number of rotatable bonds is 7. The molecule has 2 N–H and O–H groups in total. The van der Waals surface area contributed by atoms with E-state index in [-0.39, 0.29) is 13.2 Å². The van der Waals surface area contributed by atoms with Crippen molar-refractivity contribution in [1.82, 2.24) is 10.9 Å². The van der Waals surface area contributed by atoms with Gasteiger partial charge in [-0.3, -0.25) is 20.4 Å². The zero-order chi connectivity index (χ0) is 18.9. The molecule has 8 heteroatoms. The van der Waals surface area contributed by atoms with Crippen molar-refractivity contribution in [2.24, 2.45) is 0 Å². The third kappa shape index (κ3) is 6.57. The molecule has 0 heterocycles. The molecule has 0 atom stereocenters. The molecule has 2 rings (SSSR count). The average molecular weight is 442 g/mol. The Balaban J connectivity index is 1.68. The van der Waals surface area contributed by atoms with Gasteiger partial charge in [0.15, 0.2) is 13.2 Å². The highest BCUT2D eigenvalue weighted by atomic mass is 79.9. The van der Waals surface area contributed by atoms with E-state index in [9.17, 15) is 9.59 Å². The van der Waals surface area contributed by atoms with Crippen molar-refractivity contribution in [3.8, 4) is 11.5 Å². The summed E-state index contributed by atoms with van der Waals surface area (Å²) in [6, 6.07) is 12.4. The summed E-state index contributed by atoms with van der Waals surface area (Å²) in [5.41, 5.74) is 5.69. The molecule has 0 unspecified atom stereocenters. The first-order valence-corrected chi connectivity index (χ1v) is 9.02. The Kier molecular flexibility index (Phi) is 7.74. The van der Waals surface area contributed by atoms with Crippen LogP contribution in [-0.4, -0.2) is 25.0 Å². The van der Waals surface area contributed by atoms with Crippen molar-refractivity contribution in [2.45, 2.75) is 13.3 Å². The van der Waals surface area contributed by atoms with Gasteiger partial charge in [-0.2, -0.15) is 0 Å². The van der Waals surface area contributed by atoms with Crippen molar-refractivity contribution in [3.05, 3.63) is 57.5 Å². The lowest BCUT2D eigenvalue weighted by molar-refractivity contribution is -0.131. The minimum Gasteiger partial charge on any atom is -0.484 e. The molecule has 0 radical (unpaired) electrons. The quantitative estimate of drug-likeness (QED) is 0.647. The summed E-state index contributed by atoms with van der Waals surface area (Å²) in [6.07, 6.45) is 0.932. The topological polar surface area (TPSA) is 76.7 Å². The summed E-state index contributed by atoms with van der Waals surface area (Å²) in [7, 11) is 0. The normalized spacial score (nSPS) is 10.1. The van der Waals surface area contributed by atoms with Gasteiger partial charge in [0.05, 0.1) is 4.47 Å². The number of hydrazine groups is 1. The molecule has 0 aliphatic heterocycles. The number of carbonyl (C=O) groups is 2. The molecule has 0 bridgehead atoms. The van der Waals surface area contributed by atoms with E-state index in [0.29, 0.717) is 21.0 Å². The van der Waals surface area contributed by atoms with Crippen LogP contribution in [0.25, 0.3) is 0 Å². The Morgan fingerprint density at radius 2 is 1.62 bits per heavy atom. The molecule has 6 nitrogen and oxygen atoms in total. The lowest BCUT2D eigenvalue weighted by atomic mass is 10.2. The molecule has 0 fully saturated rings. The van der Waals surface area contributed by atoms with Crippen LogP contribution >= 0.6 is 27.5 Å². The molecule has 26 heavy (non-hydrogen) atoms. The monoisotopic (exact) mass is 440 g/mol. The second-order valence-electron chi connectivity index (χ2n) is 5.25. The molecular formula is C18H18BrClN2O4. The van der Waals surface area contributed by atoms with E-state index in [0.717, 1.165) is 6.42 Å². The third-order valence-corrected chi connectivity index (χ3v) is 4.15. The number of carbonyl (C=O) groups excluding carboxylic acids is 2. The van der Waals surface area contributed by atoms with Gasteiger partial charge in [-0.15, -0.1) is 0 Å². The van der Waals surface area contributed by atoms with E-state index >= 15 is 0 Å². The van der Waals surface area contributed by atoms with Crippen LogP contribution in [0.4, 0.5) is 0 Å². The maximum Gasteiger partial charge on any atom is 0.276 e. The van der Waals surface area contributed by atoms with E-state index < -0.39 is 11.8 Å². The molecule has 2 amide bonds. The molecule has 0 aliphatic rings. The Hall–Kier alpha value is -2.25. The van der Waals surface area contributed by atoms with Crippen LogP contribution in [0.15, 0.2) is 46.9 Å². The summed E-state index contributed by atoms with van der Waals surface area (Å²) >= 11 is 9.11. The minimum atomic E-state index is -0.507. The van der Waals surface area contributed by atoms with Crippen molar-refractivity contribution < 1.29 is 19.1 Å². The van der Waals surface area contributed by atoms with Gasteiger partial charge in [0.1, 0.15) is 11.5 Å². The number of benzene rings is 2. The second kappa shape index (κ2) is 10.0. The van der Waals surface area contributed by atoms with Crippen molar-refractivity contribution in [3.63, 3.8) is 0 Å². The van der Waals surface area contributed by atoms with E-state index in [1.54, 1.807) is 30.3 Å². The number of hydrogen-bond acceptors (Lipinski definition) is 4. The highest BCUT2D eigenvalue weighted by Crippen LogP contribution is 2.27. The van der Waals surface area contributed by atoms with Crippen LogP contribution in [0.3, 0.4) is 0 Å². The second-order valence-corrected chi connectivity index (χ2v) is 6.54.